The Balaban J connectivity index is 1.29. The number of hydrogen-bond acceptors (Lipinski definition) is 3. The van der Waals surface area contributed by atoms with E-state index in [1.165, 1.54) is 23.6 Å². The molecule has 1 aliphatic rings. The Bertz CT molecular complexity index is 1130. The van der Waals surface area contributed by atoms with Crippen molar-refractivity contribution in [2.75, 3.05) is 25.0 Å². The van der Waals surface area contributed by atoms with E-state index in [4.69, 9.17) is 0 Å². The van der Waals surface area contributed by atoms with Gasteiger partial charge in [0.25, 0.3) is 0 Å². The van der Waals surface area contributed by atoms with Gasteiger partial charge in [0.15, 0.2) is 0 Å². The summed E-state index contributed by atoms with van der Waals surface area (Å²) >= 11 is 0. The second-order valence-corrected chi connectivity index (χ2v) is 8.44. The number of carbonyl (C=O) groups is 1. The summed E-state index contributed by atoms with van der Waals surface area (Å²) in [7, 11) is 0. The molecular weight excluding hydrogens is 396 g/mol. The Kier molecular flexibility index (Phi) is 7.17. The normalized spacial score (nSPS) is 14.8. The number of fused-ring (bicyclic) bond motifs is 1. The molecule has 1 aliphatic heterocycles. The van der Waals surface area contributed by atoms with E-state index < -0.39 is 0 Å². The minimum Gasteiger partial charge on any atom is -0.330 e. The van der Waals surface area contributed by atoms with Gasteiger partial charge in [0, 0.05) is 25.3 Å². The summed E-state index contributed by atoms with van der Waals surface area (Å²) < 4.78 is 2.24. The fourth-order valence-electron chi connectivity index (χ4n) is 4.45. The number of amides is 1. The quantitative estimate of drug-likeness (QED) is 0.384. The minimum absolute atomic E-state index is 0.117. The molecule has 32 heavy (non-hydrogen) atoms. The average Bonchev–Trinajstić information content (AvgIpc) is 3.21. The molecule has 166 valence electrons. The molecular formula is C27H32N4O. The molecule has 1 amide bonds. The van der Waals surface area contributed by atoms with Gasteiger partial charge >= 0.3 is 0 Å². The van der Waals surface area contributed by atoms with Crippen LogP contribution in [-0.4, -0.2) is 40.0 Å². The van der Waals surface area contributed by atoms with Gasteiger partial charge in [-0.2, -0.15) is 0 Å². The number of nitrogens with zero attached hydrogens (tertiary/aromatic N) is 3. The zero-order valence-corrected chi connectivity index (χ0v) is 19.1. The number of anilines is 1. The van der Waals surface area contributed by atoms with Gasteiger partial charge in [-0.1, -0.05) is 42.5 Å². The van der Waals surface area contributed by atoms with Gasteiger partial charge in [0.1, 0.15) is 0 Å². The maximum atomic E-state index is 11.8. The molecule has 5 heteroatoms. The number of aromatic nitrogens is 2. The van der Waals surface area contributed by atoms with Crippen molar-refractivity contribution in [1.82, 2.24) is 14.5 Å². The van der Waals surface area contributed by atoms with Gasteiger partial charge in [-0.3, -0.25) is 9.69 Å². The zero-order valence-electron chi connectivity index (χ0n) is 19.1. The second kappa shape index (κ2) is 10.4. The molecule has 0 saturated carbocycles. The average molecular weight is 429 g/mol. The first kappa shape index (κ1) is 22.0. The molecule has 0 saturated heterocycles. The summed E-state index contributed by atoms with van der Waals surface area (Å²) in [5, 5.41) is 2.90. The van der Waals surface area contributed by atoms with Crippen LogP contribution in [0.5, 0.6) is 0 Å². The summed E-state index contributed by atoms with van der Waals surface area (Å²) in [6.45, 7) is 8.18. The van der Waals surface area contributed by atoms with Gasteiger partial charge < -0.3 is 9.88 Å². The number of hydrogen-bond donors (Lipinski definition) is 1. The standard InChI is InChI=1S/C27H32N4O/c1-3-9-26(32)29-24-18-21(2)27-25(19-24)28-20-31(27)15-8-7-14-30-16-12-23(13-17-30)22-10-5-4-6-11-22/h3-6,9-12,18-20H,7-8,13-17H2,1-2H3,(H,29,32)/b9-3+. The number of allylic oxidation sites excluding steroid dienone is 1. The van der Waals surface area contributed by atoms with Crippen LogP contribution in [0.1, 0.15) is 37.3 Å². The minimum atomic E-state index is -0.117. The van der Waals surface area contributed by atoms with Crippen molar-refractivity contribution in [3.63, 3.8) is 0 Å². The molecule has 0 atom stereocenters. The van der Waals surface area contributed by atoms with E-state index in [0.717, 1.165) is 61.3 Å². The highest BCUT2D eigenvalue weighted by atomic mass is 16.1. The summed E-state index contributed by atoms with van der Waals surface area (Å²) in [5.74, 6) is -0.117. The Morgan fingerprint density at radius 1 is 1.16 bits per heavy atom. The second-order valence-electron chi connectivity index (χ2n) is 8.44. The van der Waals surface area contributed by atoms with Crippen molar-refractivity contribution in [3.8, 4) is 0 Å². The van der Waals surface area contributed by atoms with Crippen molar-refractivity contribution >= 4 is 28.2 Å². The molecule has 3 aromatic rings. The van der Waals surface area contributed by atoms with Crippen LogP contribution < -0.4 is 5.32 Å². The van der Waals surface area contributed by atoms with Gasteiger partial charge in [-0.25, -0.2) is 4.98 Å². The largest absolute Gasteiger partial charge is 0.330 e. The third-order valence-corrected chi connectivity index (χ3v) is 6.05. The number of imidazole rings is 1. The summed E-state index contributed by atoms with van der Waals surface area (Å²) in [4.78, 5) is 18.9. The maximum Gasteiger partial charge on any atom is 0.248 e. The smallest absolute Gasteiger partial charge is 0.248 e. The van der Waals surface area contributed by atoms with Crippen LogP contribution in [0.25, 0.3) is 16.6 Å². The summed E-state index contributed by atoms with van der Waals surface area (Å²) in [6, 6.07) is 14.7. The van der Waals surface area contributed by atoms with E-state index in [2.05, 4.69) is 63.1 Å². The van der Waals surface area contributed by atoms with Crippen molar-refractivity contribution < 1.29 is 4.79 Å². The monoisotopic (exact) mass is 428 g/mol. The third-order valence-electron chi connectivity index (χ3n) is 6.05. The van der Waals surface area contributed by atoms with Gasteiger partial charge in [0.05, 0.1) is 17.4 Å². The number of rotatable bonds is 8. The lowest BCUT2D eigenvalue weighted by molar-refractivity contribution is -0.111. The lowest BCUT2D eigenvalue weighted by atomic mass is 9.99. The Morgan fingerprint density at radius 3 is 2.72 bits per heavy atom. The van der Waals surface area contributed by atoms with E-state index in [-0.39, 0.29) is 5.91 Å². The van der Waals surface area contributed by atoms with Crippen molar-refractivity contribution in [2.24, 2.45) is 0 Å². The molecule has 0 aliphatic carbocycles. The predicted octanol–water partition coefficient (Wildman–Crippen LogP) is 5.43. The summed E-state index contributed by atoms with van der Waals surface area (Å²) in [5.41, 5.74) is 6.84. The van der Waals surface area contributed by atoms with E-state index in [1.807, 2.05) is 25.4 Å². The fraction of sp³-hybridized carbons (Fsp3) is 0.333. The Labute approximate surface area is 190 Å². The van der Waals surface area contributed by atoms with Crippen molar-refractivity contribution in [2.45, 2.75) is 39.7 Å². The highest BCUT2D eigenvalue weighted by Crippen LogP contribution is 2.24. The van der Waals surface area contributed by atoms with Crippen LogP contribution in [0.4, 0.5) is 5.69 Å². The van der Waals surface area contributed by atoms with Gasteiger partial charge in [-0.15, -0.1) is 0 Å². The highest BCUT2D eigenvalue weighted by molar-refractivity contribution is 6.00. The van der Waals surface area contributed by atoms with Gasteiger partial charge in [-0.05, 0) is 74.6 Å². The van der Waals surface area contributed by atoms with E-state index in [0.29, 0.717) is 0 Å². The SMILES string of the molecule is C/C=C/C(=O)Nc1cc(C)c2c(c1)ncn2CCCCN1CC=C(c2ccccc2)CC1. The first-order valence-corrected chi connectivity index (χ1v) is 11.5. The number of aryl methyl sites for hydroxylation is 2. The van der Waals surface area contributed by atoms with E-state index in [9.17, 15) is 4.79 Å². The first-order chi connectivity index (χ1) is 15.6. The van der Waals surface area contributed by atoms with Crippen LogP contribution in [0.3, 0.4) is 0 Å². The molecule has 0 bridgehead atoms. The lowest BCUT2D eigenvalue weighted by Crippen LogP contribution is -2.29. The lowest BCUT2D eigenvalue weighted by Gasteiger charge is -2.26. The number of carbonyl (C=O) groups excluding carboxylic acids is 1. The number of nitrogens with one attached hydrogen (secondary N) is 1. The maximum absolute atomic E-state index is 11.8. The van der Waals surface area contributed by atoms with Crippen LogP contribution >= 0.6 is 0 Å². The first-order valence-electron chi connectivity index (χ1n) is 11.5. The van der Waals surface area contributed by atoms with Crippen LogP contribution in [-0.2, 0) is 11.3 Å². The van der Waals surface area contributed by atoms with E-state index in [1.54, 1.807) is 6.08 Å². The van der Waals surface area contributed by atoms with Gasteiger partial charge in [0.2, 0.25) is 5.91 Å². The third kappa shape index (κ3) is 5.35. The molecule has 2 aromatic carbocycles. The van der Waals surface area contributed by atoms with Crippen LogP contribution in [0.2, 0.25) is 0 Å². The molecule has 0 unspecified atom stereocenters. The van der Waals surface area contributed by atoms with Crippen LogP contribution in [0.15, 0.2) is 67.0 Å². The van der Waals surface area contributed by atoms with Crippen molar-refractivity contribution in [1.29, 1.82) is 0 Å². The fourth-order valence-corrected chi connectivity index (χ4v) is 4.45. The van der Waals surface area contributed by atoms with Crippen LogP contribution in [0, 0.1) is 6.92 Å². The molecule has 0 radical (unpaired) electrons. The van der Waals surface area contributed by atoms with E-state index >= 15 is 0 Å². The molecule has 0 fully saturated rings. The zero-order chi connectivity index (χ0) is 22.3. The predicted molar refractivity (Wildman–Crippen MR) is 133 cm³/mol. The molecule has 1 N–H and O–H groups in total. The Hall–Kier alpha value is -3.18. The number of benzene rings is 2. The Morgan fingerprint density at radius 2 is 1.97 bits per heavy atom. The molecule has 2 heterocycles. The topological polar surface area (TPSA) is 50.2 Å². The summed E-state index contributed by atoms with van der Waals surface area (Å²) in [6.07, 6.45) is 11.0. The molecule has 4 rings (SSSR count). The molecule has 0 spiro atoms. The highest BCUT2D eigenvalue weighted by Gasteiger charge is 2.13. The number of unbranched alkanes of at least 4 members (excludes halogenated alkanes) is 1. The van der Waals surface area contributed by atoms with Crippen molar-refractivity contribution in [3.05, 3.63) is 78.1 Å². The molecule has 5 nitrogen and oxygen atoms in total. The molecule has 1 aromatic heterocycles.